The number of rotatable bonds is 2. The van der Waals surface area contributed by atoms with E-state index in [4.69, 9.17) is 4.74 Å². The second-order valence-electron chi connectivity index (χ2n) is 6.49. The number of amides is 1. The van der Waals surface area contributed by atoms with Gasteiger partial charge in [0, 0.05) is 24.0 Å². The molecule has 130 valence electrons. The molecule has 0 spiro atoms. The van der Waals surface area contributed by atoms with Crippen LogP contribution in [0.15, 0.2) is 36.4 Å². The lowest BCUT2D eigenvalue weighted by molar-refractivity contribution is 0.0951. The van der Waals surface area contributed by atoms with Gasteiger partial charge in [-0.1, -0.05) is 12.1 Å². The molecule has 5 heteroatoms. The first-order valence-electron chi connectivity index (χ1n) is 8.63. The molecule has 0 saturated carbocycles. The Morgan fingerprint density at radius 1 is 1.23 bits per heavy atom. The van der Waals surface area contributed by atoms with E-state index in [1.165, 1.54) is 0 Å². The maximum Gasteiger partial charge on any atom is 0.268 e. The quantitative estimate of drug-likeness (QED) is 0.771. The van der Waals surface area contributed by atoms with Crippen molar-refractivity contribution in [1.29, 1.82) is 5.26 Å². The molecule has 4 rings (SSSR count). The number of methoxy groups -OCH3 is 1. The molecule has 0 bridgehead atoms. The average Bonchev–Trinajstić information content (AvgIpc) is 2.82. The predicted octanol–water partition coefficient (Wildman–Crippen LogP) is 3.63. The van der Waals surface area contributed by atoms with Crippen molar-refractivity contribution in [3.63, 3.8) is 0 Å². The van der Waals surface area contributed by atoms with Crippen LogP contribution in [0, 0.1) is 18.3 Å². The van der Waals surface area contributed by atoms with Gasteiger partial charge in [0.2, 0.25) is 0 Å². The molecule has 1 amide bonds. The lowest BCUT2D eigenvalue weighted by atomic mass is 9.98. The van der Waals surface area contributed by atoms with Crippen LogP contribution in [0.3, 0.4) is 0 Å². The highest BCUT2D eigenvalue weighted by atomic mass is 16.5. The highest BCUT2D eigenvalue weighted by molar-refractivity contribution is 6.06. The summed E-state index contributed by atoms with van der Waals surface area (Å²) in [4.78, 5) is 12.6. The minimum absolute atomic E-state index is 0.0459. The lowest BCUT2D eigenvalue weighted by Gasteiger charge is -2.11. The minimum Gasteiger partial charge on any atom is -0.497 e. The Balaban J connectivity index is 2.07. The zero-order valence-corrected chi connectivity index (χ0v) is 14.8. The number of nitriles is 1. The Morgan fingerprint density at radius 3 is 2.69 bits per heavy atom. The number of hydrogen-bond donors (Lipinski definition) is 1. The normalized spacial score (nSPS) is 13.7. The Hall–Kier alpha value is -3.26. The molecule has 0 unspecified atom stereocenters. The molecule has 0 saturated heterocycles. The fourth-order valence-electron chi connectivity index (χ4n) is 3.75. The smallest absolute Gasteiger partial charge is 0.268 e. The molecule has 3 aromatic rings. The Morgan fingerprint density at radius 2 is 2.00 bits per heavy atom. The molecular formula is C21H19N3O2. The summed E-state index contributed by atoms with van der Waals surface area (Å²) >= 11 is 0. The number of nitrogens with one attached hydrogen (secondary N) is 1. The highest BCUT2D eigenvalue weighted by Crippen LogP contribution is 2.36. The largest absolute Gasteiger partial charge is 0.497 e. The van der Waals surface area contributed by atoms with E-state index < -0.39 is 0 Å². The van der Waals surface area contributed by atoms with Crippen LogP contribution in [0.4, 0.5) is 0 Å². The summed E-state index contributed by atoms with van der Waals surface area (Å²) in [7, 11) is 1.64. The van der Waals surface area contributed by atoms with Crippen molar-refractivity contribution in [3.8, 4) is 22.9 Å². The average molecular weight is 345 g/mol. The predicted molar refractivity (Wildman–Crippen MR) is 100 cm³/mol. The van der Waals surface area contributed by atoms with Gasteiger partial charge in [-0.25, -0.2) is 0 Å². The lowest BCUT2D eigenvalue weighted by Crippen LogP contribution is -2.23. The van der Waals surface area contributed by atoms with Crippen molar-refractivity contribution in [2.45, 2.75) is 19.9 Å². The van der Waals surface area contributed by atoms with Gasteiger partial charge in [0.15, 0.2) is 0 Å². The maximum absolute atomic E-state index is 12.6. The van der Waals surface area contributed by atoms with Gasteiger partial charge in [0.1, 0.15) is 11.4 Å². The van der Waals surface area contributed by atoms with E-state index in [0.29, 0.717) is 17.8 Å². The van der Waals surface area contributed by atoms with Crippen LogP contribution in [0.25, 0.3) is 22.0 Å². The fourth-order valence-corrected chi connectivity index (χ4v) is 3.75. The summed E-state index contributed by atoms with van der Waals surface area (Å²) in [6, 6.07) is 13.8. The highest BCUT2D eigenvalue weighted by Gasteiger charge is 2.24. The number of benzene rings is 2. The number of hydrogen-bond acceptors (Lipinski definition) is 3. The van der Waals surface area contributed by atoms with Gasteiger partial charge in [-0.2, -0.15) is 5.26 Å². The number of carbonyl (C=O) groups is 1. The second-order valence-corrected chi connectivity index (χ2v) is 6.49. The summed E-state index contributed by atoms with van der Waals surface area (Å²) < 4.78 is 7.36. The standard InChI is InChI=1S/C21H19N3O2/c1-13-17-10-14(12-22)11-18(15-4-6-16(26-2)7-5-15)20(17)24-9-3-8-23-21(25)19(13)24/h4-7,10-11H,3,8-9H2,1-2H3,(H,23,25). The monoisotopic (exact) mass is 345 g/mol. The van der Waals surface area contributed by atoms with Crippen LogP contribution < -0.4 is 10.1 Å². The summed E-state index contributed by atoms with van der Waals surface area (Å²) in [5, 5.41) is 13.4. The number of nitrogens with zero attached hydrogens (tertiary/aromatic N) is 2. The van der Waals surface area contributed by atoms with E-state index in [9.17, 15) is 10.1 Å². The van der Waals surface area contributed by atoms with Crippen LogP contribution in [-0.4, -0.2) is 24.1 Å². The Kier molecular flexibility index (Phi) is 3.89. The van der Waals surface area contributed by atoms with Crippen molar-refractivity contribution in [3.05, 3.63) is 53.2 Å². The molecule has 0 atom stereocenters. The van der Waals surface area contributed by atoms with E-state index in [0.717, 1.165) is 46.3 Å². The second kappa shape index (κ2) is 6.23. The third-order valence-corrected chi connectivity index (χ3v) is 5.00. The molecule has 0 fully saturated rings. The molecule has 5 nitrogen and oxygen atoms in total. The maximum atomic E-state index is 12.6. The molecule has 1 aliphatic heterocycles. The van der Waals surface area contributed by atoms with Crippen LogP contribution in [0.5, 0.6) is 5.75 Å². The SMILES string of the molecule is COc1ccc(-c2cc(C#N)cc3c(C)c4n(c23)CCCNC4=O)cc1. The van der Waals surface area contributed by atoms with Gasteiger partial charge in [-0.3, -0.25) is 4.79 Å². The van der Waals surface area contributed by atoms with Gasteiger partial charge >= 0.3 is 0 Å². The van der Waals surface area contributed by atoms with Crippen molar-refractivity contribution in [1.82, 2.24) is 9.88 Å². The third-order valence-electron chi connectivity index (χ3n) is 5.00. The van der Waals surface area contributed by atoms with Gasteiger partial charge < -0.3 is 14.6 Å². The number of carbonyl (C=O) groups excluding carboxylic acids is 1. The summed E-state index contributed by atoms with van der Waals surface area (Å²) in [6.45, 7) is 3.40. The minimum atomic E-state index is -0.0459. The van der Waals surface area contributed by atoms with Gasteiger partial charge in [-0.15, -0.1) is 0 Å². The van der Waals surface area contributed by atoms with Gasteiger partial charge in [-0.05, 0) is 48.7 Å². The van der Waals surface area contributed by atoms with Crippen LogP contribution in [0.1, 0.15) is 28.0 Å². The van der Waals surface area contributed by atoms with Crippen molar-refractivity contribution >= 4 is 16.8 Å². The van der Waals surface area contributed by atoms with Crippen LogP contribution >= 0.6 is 0 Å². The zero-order chi connectivity index (χ0) is 18.3. The van der Waals surface area contributed by atoms with E-state index >= 15 is 0 Å². The number of fused-ring (bicyclic) bond motifs is 3. The first-order valence-corrected chi connectivity index (χ1v) is 8.63. The van der Waals surface area contributed by atoms with Crippen molar-refractivity contribution in [2.24, 2.45) is 0 Å². The third kappa shape index (κ3) is 2.42. The van der Waals surface area contributed by atoms with Crippen molar-refractivity contribution < 1.29 is 9.53 Å². The van der Waals surface area contributed by atoms with E-state index in [1.54, 1.807) is 7.11 Å². The van der Waals surface area contributed by atoms with Crippen molar-refractivity contribution in [2.75, 3.05) is 13.7 Å². The molecule has 0 radical (unpaired) electrons. The molecule has 26 heavy (non-hydrogen) atoms. The van der Waals surface area contributed by atoms with Gasteiger partial charge in [0.05, 0.1) is 24.3 Å². The van der Waals surface area contributed by atoms with Gasteiger partial charge in [0.25, 0.3) is 5.91 Å². The summed E-state index contributed by atoms with van der Waals surface area (Å²) in [6.07, 6.45) is 0.879. The Labute approximate surface area is 151 Å². The number of aromatic nitrogens is 1. The molecular weight excluding hydrogens is 326 g/mol. The molecule has 0 aliphatic carbocycles. The summed E-state index contributed by atoms with van der Waals surface area (Å²) in [5.41, 5.74) is 5.18. The zero-order valence-electron chi connectivity index (χ0n) is 14.8. The fraction of sp³-hybridized carbons (Fsp3) is 0.238. The number of aryl methyl sites for hydroxylation is 2. The molecule has 1 aliphatic rings. The number of ether oxygens (including phenoxy) is 1. The first-order chi connectivity index (χ1) is 12.6. The molecule has 2 heterocycles. The topological polar surface area (TPSA) is 67.0 Å². The van der Waals surface area contributed by atoms with Crippen LogP contribution in [-0.2, 0) is 6.54 Å². The first kappa shape index (κ1) is 16.2. The molecule has 2 aromatic carbocycles. The molecule has 1 aromatic heterocycles. The molecule has 1 N–H and O–H groups in total. The van der Waals surface area contributed by atoms with Crippen LogP contribution in [0.2, 0.25) is 0 Å². The summed E-state index contributed by atoms with van der Waals surface area (Å²) in [5.74, 6) is 0.737. The van der Waals surface area contributed by atoms with E-state index in [1.807, 2.05) is 43.3 Å². The van der Waals surface area contributed by atoms with E-state index in [2.05, 4.69) is 16.0 Å². The Bertz CT molecular complexity index is 1060. The van der Waals surface area contributed by atoms with E-state index in [-0.39, 0.29) is 5.91 Å².